The molecule has 2 heterocycles. The average molecular weight is 490 g/mol. The first-order valence-electron chi connectivity index (χ1n) is 12.4. The highest BCUT2D eigenvalue weighted by molar-refractivity contribution is 5.82. The van der Waals surface area contributed by atoms with Crippen LogP contribution in [0.3, 0.4) is 0 Å². The summed E-state index contributed by atoms with van der Waals surface area (Å²) < 4.78 is 42.2. The summed E-state index contributed by atoms with van der Waals surface area (Å²) in [6.45, 7) is 2.03. The minimum atomic E-state index is -4.43. The summed E-state index contributed by atoms with van der Waals surface area (Å²) in [5.74, 6) is 1.32. The predicted molar refractivity (Wildman–Crippen MR) is 133 cm³/mol. The molecule has 1 saturated heterocycles. The summed E-state index contributed by atoms with van der Waals surface area (Å²) in [4.78, 5) is 19.2. The average Bonchev–Trinajstić information content (AvgIpc) is 3.53. The Bertz CT molecular complexity index is 1410. The normalized spacial score (nSPS) is 18.2. The first-order valence-corrected chi connectivity index (χ1v) is 12.4. The number of amides is 1. The van der Waals surface area contributed by atoms with Crippen LogP contribution in [0, 0.1) is 11.8 Å². The van der Waals surface area contributed by atoms with Crippen molar-refractivity contribution in [1.29, 1.82) is 0 Å². The molecule has 36 heavy (non-hydrogen) atoms. The predicted octanol–water partition coefficient (Wildman–Crippen LogP) is 6.65. The third kappa shape index (κ3) is 4.38. The minimum absolute atomic E-state index is 0.192. The maximum Gasteiger partial charge on any atom is 0.416 e. The van der Waals surface area contributed by atoms with Crippen LogP contribution in [-0.4, -0.2) is 33.4 Å². The van der Waals surface area contributed by atoms with Gasteiger partial charge in [-0.1, -0.05) is 54.6 Å². The molecular formula is C29H26F3N3O. The molecule has 1 aromatic heterocycles. The molecule has 2 fully saturated rings. The monoisotopic (exact) mass is 489 g/mol. The smallest absolute Gasteiger partial charge is 0.342 e. The molecule has 1 aliphatic heterocycles. The van der Waals surface area contributed by atoms with Crippen LogP contribution in [0.4, 0.5) is 13.2 Å². The number of imidazole rings is 1. The Labute approximate surface area is 207 Å². The van der Waals surface area contributed by atoms with Crippen LogP contribution in [-0.2, 0) is 17.5 Å². The van der Waals surface area contributed by atoms with Gasteiger partial charge in [0.25, 0.3) is 0 Å². The van der Waals surface area contributed by atoms with Gasteiger partial charge in [0.05, 0.1) is 16.6 Å². The van der Waals surface area contributed by atoms with Crippen LogP contribution >= 0.6 is 0 Å². The molecule has 3 aromatic carbocycles. The topological polar surface area (TPSA) is 38.1 Å². The van der Waals surface area contributed by atoms with Crippen LogP contribution in [0.1, 0.15) is 24.8 Å². The highest BCUT2D eigenvalue weighted by atomic mass is 19.4. The van der Waals surface area contributed by atoms with Crippen molar-refractivity contribution in [3.63, 3.8) is 0 Å². The first kappa shape index (κ1) is 22.8. The molecule has 2 aliphatic rings. The van der Waals surface area contributed by atoms with Gasteiger partial charge >= 0.3 is 6.18 Å². The van der Waals surface area contributed by atoms with Gasteiger partial charge in [0.2, 0.25) is 5.91 Å². The molecule has 0 radical (unpaired) electrons. The van der Waals surface area contributed by atoms with Crippen molar-refractivity contribution < 1.29 is 18.0 Å². The molecular weight excluding hydrogens is 463 g/mol. The summed E-state index contributed by atoms with van der Waals surface area (Å²) in [7, 11) is 0. The summed E-state index contributed by atoms with van der Waals surface area (Å²) in [6, 6.07) is 21.8. The molecule has 1 saturated carbocycles. The number of benzene rings is 3. The second-order valence-corrected chi connectivity index (χ2v) is 9.90. The molecule has 1 atom stereocenters. The highest BCUT2D eigenvalue weighted by Crippen LogP contribution is 2.36. The van der Waals surface area contributed by atoms with Gasteiger partial charge in [-0.2, -0.15) is 13.2 Å². The molecule has 4 nitrogen and oxygen atoms in total. The lowest BCUT2D eigenvalue weighted by Gasteiger charge is -2.18. The number of nitrogens with zero attached hydrogens (tertiary/aromatic N) is 3. The molecule has 0 bridgehead atoms. The lowest BCUT2D eigenvalue weighted by atomic mass is 10.0. The number of hydrogen-bond donors (Lipinski definition) is 0. The molecule has 1 amide bonds. The largest absolute Gasteiger partial charge is 0.416 e. The molecule has 1 aliphatic carbocycles. The Morgan fingerprint density at radius 1 is 0.889 bits per heavy atom. The van der Waals surface area contributed by atoms with Gasteiger partial charge in [0, 0.05) is 31.1 Å². The molecule has 0 unspecified atom stereocenters. The minimum Gasteiger partial charge on any atom is -0.342 e. The maximum atomic E-state index is 13.4. The van der Waals surface area contributed by atoms with Crippen LogP contribution in [0.5, 0.6) is 0 Å². The van der Waals surface area contributed by atoms with Gasteiger partial charge in [0.15, 0.2) is 0 Å². The number of rotatable bonds is 5. The zero-order chi connectivity index (χ0) is 24.9. The third-order valence-corrected chi connectivity index (χ3v) is 7.29. The Hall–Kier alpha value is -3.61. The van der Waals surface area contributed by atoms with Gasteiger partial charge in [0.1, 0.15) is 5.82 Å². The van der Waals surface area contributed by atoms with Crippen LogP contribution in [0.2, 0.25) is 0 Å². The fourth-order valence-corrected chi connectivity index (χ4v) is 5.18. The van der Waals surface area contributed by atoms with Crippen LogP contribution in [0.15, 0.2) is 72.8 Å². The van der Waals surface area contributed by atoms with E-state index < -0.39 is 11.7 Å². The molecule has 7 heteroatoms. The van der Waals surface area contributed by atoms with Crippen molar-refractivity contribution in [1.82, 2.24) is 14.5 Å². The highest BCUT2D eigenvalue weighted by Gasteiger charge is 2.37. The second-order valence-electron chi connectivity index (χ2n) is 9.90. The van der Waals surface area contributed by atoms with Crippen molar-refractivity contribution in [3.8, 4) is 22.5 Å². The zero-order valence-electron chi connectivity index (χ0n) is 19.7. The van der Waals surface area contributed by atoms with E-state index in [1.54, 1.807) is 0 Å². The Kier molecular flexibility index (Phi) is 5.58. The van der Waals surface area contributed by atoms with Crippen LogP contribution < -0.4 is 0 Å². The number of fused-ring (bicyclic) bond motifs is 1. The van der Waals surface area contributed by atoms with E-state index in [1.807, 2.05) is 64.1 Å². The molecule has 184 valence electrons. The standard InChI is InChI=1S/C29H26F3N3O/c30-29(31,32)24-12-13-26-25(16-24)33-27(22-8-6-21(7-9-22)20-4-2-1-3-5-20)35(26)18-19-14-15-34(17-19)28(36)23-10-11-23/h1-9,12-13,16,19,23H,10-11,14-15,17-18H2/t19-/m1/s1. The Balaban J connectivity index is 1.35. The summed E-state index contributed by atoms with van der Waals surface area (Å²) in [5, 5.41) is 0. The first-order chi connectivity index (χ1) is 17.4. The van der Waals surface area contributed by atoms with E-state index in [-0.39, 0.29) is 17.7 Å². The number of hydrogen-bond acceptors (Lipinski definition) is 2. The van der Waals surface area contributed by atoms with E-state index in [4.69, 9.17) is 0 Å². The Morgan fingerprint density at radius 3 is 2.28 bits per heavy atom. The Morgan fingerprint density at radius 2 is 1.58 bits per heavy atom. The van der Waals surface area contributed by atoms with Gasteiger partial charge < -0.3 is 9.47 Å². The van der Waals surface area contributed by atoms with Gasteiger partial charge in [-0.15, -0.1) is 0 Å². The molecule has 0 spiro atoms. The lowest BCUT2D eigenvalue weighted by molar-refractivity contribution is -0.137. The second kappa shape index (κ2) is 8.80. The van der Waals surface area contributed by atoms with E-state index >= 15 is 0 Å². The summed E-state index contributed by atoms with van der Waals surface area (Å²) in [6.07, 6.45) is -1.58. The molecule has 0 N–H and O–H groups in total. The van der Waals surface area contributed by atoms with Crippen molar-refractivity contribution in [2.24, 2.45) is 11.8 Å². The van der Waals surface area contributed by atoms with Crippen molar-refractivity contribution in [2.45, 2.75) is 32.0 Å². The number of likely N-dealkylation sites (tertiary alicyclic amines) is 1. The fourth-order valence-electron chi connectivity index (χ4n) is 5.18. The third-order valence-electron chi connectivity index (χ3n) is 7.29. The number of halogens is 3. The molecule has 4 aromatic rings. The zero-order valence-corrected chi connectivity index (χ0v) is 19.7. The van der Waals surface area contributed by atoms with E-state index in [0.29, 0.717) is 29.9 Å². The quantitative estimate of drug-likeness (QED) is 0.315. The van der Waals surface area contributed by atoms with Gasteiger partial charge in [-0.3, -0.25) is 4.79 Å². The summed E-state index contributed by atoms with van der Waals surface area (Å²) >= 11 is 0. The SMILES string of the molecule is O=C(C1CC1)N1CC[C@@H](Cn2c(-c3ccc(-c4ccccc4)cc3)nc3cc(C(F)(F)F)ccc32)C1. The number of aromatic nitrogens is 2. The van der Waals surface area contributed by atoms with Crippen LogP contribution in [0.25, 0.3) is 33.5 Å². The number of alkyl halides is 3. The van der Waals surface area contributed by atoms with Crippen molar-refractivity contribution >= 4 is 16.9 Å². The number of carbonyl (C=O) groups is 1. The van der Waals surface area contributed by atoms with E-state index in [0.717, 1.165) is 54.6 Å². The van der Waals surface area contributed by atoms with Crippen molar-refractivity contribution in [2.75, 3.05) is 13.1 Å². The maximum absolute atomic E-state index is 13.4. The van der Waals surface area contributed by atoms with E-state index in [2.05, 4.69) is 4.98 Å². The van der Waals surface area contributed by atoms with Gasteiger partial charge in [-0.25, -0.2) is 4.98 Å². The van der Waals surface area contributed by atoms with E-state index in [1.165, 1.54) is 6.07 Å². The summed E-state index contributed by atoms with van der Waals surface area (Å²) in [5.41, 5.74) is 3.31. The van der Waals surface area contributed by atoms with Gasteiger partial charge in [-0.05, 0) is 54.5 Å². The molecule has 6 rings (SSSR count). The van der Waals surface area contributed by atoms with Crippen molar-refractivity contribution in [3.05, 3.63) is 78.4 Å². The fraction of sp³-hybridized carbons (Fsp3) is 0.310. The lowest BCUT2D eigenvalue weighted by Crippen LogP contribution is -2.30. The van der Waals surface area contributed by atoms with E-state index in [9.17, 15) is 18.0 Å². The number of carbonyl (C=O) groups excluding carboxylic acids is 1.